The number of rotatable bonds is 3. The first-order chi connectivity index (χ1) is 12.2. The van der Waals surface area contributed by atoms with Crippen LogP contribution in [-0.4, -0.2) is 64.8 Å². The maximum Gasteiger partial charge on any atom is 0.415 e. The van der Waals surface area contributed by atoms with Crippen LogP contribution in [0.2, 0.25) is 0 Å². The zero-order valence-corrected chi connectivity index (χ0v) is 14.6. The molecule has 0 unspecified atom stereocenters. The van der Waals surface area contributed by atoms with Crippen molar-refractivity contribution < 1.29 is 36.3 Å². The Morgan fingerprint density at radius 3 is 2.35 bits per heavy atom. The van der Waals surface area contributed by atoms with Gasteiger partial charge in [-0.15, -0.1) is 0 Å². The molecule has 0 spiro atoms. The van der Waals surface area contributed by atoms with Crippen molar-refractivity contribution in [3.63, 3.8) is 0 Å². The van der Waals surface area contributed by atoms with Crippen LogP contribution in [0.1, 0.15) is 0 Å². The van der Waals surface area contributed by atoms with E-state index in [1.54, 1.807) is 0 Å². The van der Waals surface area contributed by atoms with Crippen molar-refractivity contribution in [2.75, 3.05) is 48.0 Å². The van der Waals surface area contributed by atoms with Crippen LogP contribution in [0.4, 0.5) is 25.0 Å². The predicted octanol–water partition coefficient (Wildman–Crippen LogP) is 0.698. The largest absolute Gasteiger partial charge is 0.466 e. The van der Waals surface area contributed by atoms with Crippen LogP contribution in [0, 0.1) is 11.6 Å². The zero-order chi connectivity index (χ0) is 19.1. The maximum absolute atomic E-state index is 14.5. The summed E-state index contributed by atoms with van der Waals surface area (Å²) in [6, 6.07) is 1.89. The van der Waals surface area contributed by atoms with E-state index in [0.29, 0.717) is 0 Å². The Kier molecular flexibility index (Phi) is 4.74. The summed E-state index contributed by atoms with van der Waals surface area (Å²) in [4.78, 5) is 25.6. The molecule has 0 saturated carbocycles. The van der Waals surface area contributed by atoms with Gasteiger partial charge in [-0.05, 0) is 0 Å². The van der Waals surface area contributed by atoms with E-state index in [0.717, 1.165) is 24.1 Å². The highest BCUT2D eigenvalue weighted by Gasteiger charge is 2.38. The second kappa shape index (κ2) is 6.71. The van der Waals surface area contributed by atoms with Crippen LogP contribution in [0.15, 0.2) is 12.1 Å². The van der Waals surface area contributed by atoms with E-state index < -0.39 is 39.6 Å². The minimum atomic E-state index is -3.19. The first kappa shape index (κ1) is 18.4. The van der Waals surface area contributed by atoms with Crippen molar-refractivity contribution in [3.8, 4) is 0 Å². The Balaban J connectivity index is 1.84. The van der Waals surface area contributed by atoms with Crippen molar-refractivity contribution in [2.45, 2.75) is 6.10 Å². The molecule has 142 valence electrons. The minimum Gasteiger partial charge on any atom is -0.466 e. The Hall–Kier alpha value is -2.43. The lowest BCUT2D eigenvalue weighted by Gasteiger charge is -2.29. The molecular weight excluding hydrogens is 374 g/mol. The molecule has 2 heterocycles. The molecule has 0 aromatic heterocycles. The van der Waals surface area contributed by atoms with Gasteiger partial charge in [0.1, 0.15) is 5.69 Å². The SMILES string of the molecule is COC(=O)[C@H]1CN(c2cc(F)c(N3CCS(=O)(=O)CC3)c(F)c2)C(=O)O1. The van der Waals surface area contributed by atoms with Gasteiger partial charge in [0.2, 0.25) is 6.10 Å². The van der Waals surface area contributed by atoms with Crippen LogP contribution >= 0.6 is 0 Å². The molecular formula is C15H16F2N2O6S. The first-order valence-corrected chi connectivity index (χ1v) is 9.54. The van der Waals surface area contributed by atoms with Gasteiger partial charge in [-0.2, -0.15) is 0 Å². The van der Waals surface area contributed by atoms with E-state index in [9.17, 15) is 26.8 Å². The Labute approximate surface area is 148 Å². The van der Waals surface area contributed by atoms with Gasteiger partial charge in [0.05, 0.1) is 30.8 Å². The minimum absolute atomic E-state index is 0.0221. The van der Waals surface area contributed by atoms with Gasteiger partial charge in [0.15, 0.2) is 21.5 Å². The molecule has 0 aliphatic carbocycles. The summed E-state index contributed by atoms with van der Waals surface area (Å²) < 4.78 is 61.2. The molecule has 1 atom stereocenters. The van der Waals surface area contributed by atoms with Gasteiger partial charge < -0.3 is 14.4 Å². The Morgan fingerprint density at radius 2 is 1.81 bits per heavy atom. The van der Waals surface area contributed by atoms with Gasteiger partial charge in [0.25, 0.3) is 0 Å². The van der Waals surface area contributed by atoms with E-state index >= 15 is 0 Å². The Bertz CT molecular complexity index is 823. The van der Waals surface area contributed by atoms with E-state index in [-0.39, 0.29) is 42.5 Å². The maximum atomic E-state index is 14.5. The third-order valence-corrected chi connectivity index (χ3v) is 5.86. The standard InChI is InChI=1S/C15H16F2N2O6S/c1-24-14(20)12-8-19(15(21)25-12)9-6-10(16)13(11(17)7-9)18-2-4-26(22,23)5-3-18/h6-7,12H,2-5,8H2,1H3/t12-/m1/s1. The van der Waals surface area contributed by atoms with Crippen LogP contribution in [-0.2, 0) is 24.1 Å². The first-order valence-electron chi connectivity index (χ1n) is 7.72. The number of ether oxygens (including phenoxy) is 2. The van der Waals surface area contributed by atoms with Gasteiger partial charge in [-0.25, -0.2) is 26.8 Å². The van der Waals surface area contributed by atoms with E-state index in [4.69, 9.17) is 4.74 Å². The average Bonchev–Trinajstić information content (AvgIpc) is 2.96. The summed E-state index contributed by atoms with van der Waals surface area (Å²) in [5.74, 6) is -3.02. The van der Waals surface area contributed by atoms with Crippen molar-refractivity contribution in [3.05, 3.63) is 23.8 Å². The number of halogens is 2. The molecule has 2 fully saturated rings. The normalized spacial score (nSPS) is 22.3. The highest BCUT2D eigenvalue weighted by atomic mass is 32.2. The van der Waals surface area contributed by atoms with Crippen molar-refractivity contribution >= 4 is 33.3 Å². The molecule has 3 rings (SSSR count). The lowest BCUT2D eigenvalue weighted by Crippen LogP contribution is -2.41. The molecule has 2 saturated heterocycles. The molecule has 0 bridgehead atoms. The number of benzene rings is 1. The summed E-state index contributed by atoms with van der Waals surface area (Å²) in [5.41, 5.74) is -0.453. The number of methoxy groups -OCH3 is 1. The molecule has 26 heavy (non-hydrogen) atoms. The van der Waals surface area contributed by atoms with Crippen LogP contribution < -0.4 is 9.80 Å². The van der Waals surface area contributed by atoms with Gasteiger partial charge in [0, 0.05) is 25.2 Å². The number of carbonyl (C=O) groups excluding carboxylic acids is 2. The summed E-state index contributed by atoms with van der Waals surface area (Å²) in [6.07, 6.45) is -2.10. The fraction of sp³-hybridized carbons (Fsp3) is 0.467. The number of nitrogens with zero attached hydrogens (tertiary/aromatic N) is 2. The highest BCUT2D eigenvalue weighted by Crippen LogP contribution is 2.31. The van der Waals surface area contributed by atoms with Crippen LogP contribution in [0.3, 0.4) is 0 Å². The fourth-order valence-corrected chi connectivity index (χ4v) is 4.08. The number of hydrogen-bond acceptors (Lipinski definition) is 7. The number of carbonyl (C=O) groups is 2. The third-order valence-electron chi connectivity index (χ3n) is 4.25. The van der Waals surface area contributed by atoms with Crippen LogP contribution in [0.5, 0.6) is 0 Å². The highest BCUT2D eigenvalue weighted by molar-refractivity contribution is 7.91. The summed E-state index contributed by atoms with van der Waals surface area (Å²) in [6.45, 7) is -0.275. The quantitative estimate of drug-likeness (QED) is 0.702. The molecule has 1 aromatic carbocycles. The number of anilines is 2. The zero-order valence-electron chi connectivity index (χ0n) is 13.8. The third kappa shape index (κ3) is 3.43. The number of amides is 1. The molecule has 0 radical (unpaired) electrons. The molecule has 8 nitrogen and oxygen atoms in total. The lowest BCUT2D eigenvalue weighted by molar-refractivity contribution is -0.148. The van der Waals surface area contributed by atoms with Crippen LogP contribution in [0.25, 0.3) is 0 Å². The summed E-state index contributed by atoms with van der Waals surface area (Å²) in [5, 5.41) is 0. The predicted molar refractivity (Wildman–Crippen MR) is 86.9 cm³/mol. The molecule has 1 amide bonds. The van der Waals surface area contributed by atoms with E-state index in [1.807, 2.05) is 0 Å². The van der Waals surface area contributed by atoms with Gasteiger partial charge in [-0.1, -0.05) is 0 Å². The van der Waals surface area contributed by atoms with Crippen molar-refractivity contribution in [1.82, 2.24) is 0 Å². The van der Waals surface area contributed by atoms with Gasteiger partial charge in [-0.3, -0.25) is 4.90 Å². The molecule has 2 aliphatic rings. The molecule has 2 aliphatic heterocycles. The second-order valence-electron chi connectivity index (χ2n) is 5.90. The molecule has 1 aromatic rings. The second-order valence-corrected chi connectivity index (χ2v) is 8.21. The summed E-state index contributed by atoms with van der Waals surface area (Å²) in [7, 11) is -2.06. The Morgan fingerprint density at radius 1 is 1.23 bits per heavy atom. The molecule has 0 N–H and O–H groups in total. The lowest BCUT2D eigenvalue weighted by atomic mass is 10.2. The van der Waals surface area contributed by atoms with Gasteiger partial charge >= 0.3 is 12.1 Å². The monoisotopic (exact) mass is 390 g/mol. The van der Waals surface area contributed by atoms with E-state index in [2.05, 4.69) is 4.74 Å². The molecule has 11 heteroatoms. The topological polar surface area (TPSA) is 93.2 Å². The number of hydrogen-bond donors (Lipinski definition) is 0. The van der Waals surface area contributed by atoms with Crippen molar-refractivity contribution in [1.29, 1.82) is 0 Å². The van der Waals surface area contributed by atoms with Crippen molar-refractivity contribution in [2.24, 2.45) is 0 Å². The smallest absolute Gasteiger partial charge is 0.415 e. The number of sulfone groups is 1. The number of esters is 1. The fourth-order valence-electron chi connectivity index (χ4n) is 2.87. The summed E-state index contributed by atoms with van der Waals surface area (Å²) >= 11 is 0. The average molecular weight is 390 g/mol. The number of cyclic esters (lactones) is 1. The van der Waals surface area contributed by atoms with E-state index in [1.165, 1.54) is 4.90 Å².